The summed E-state index contributed by atoms with van der Waals surface area (Å²) < 4.78 is 5.10. The molecule has 1 aliphatic rings. The highest BCUT2D eigenvalue weighted by Gasteiger charge is 2.33. The van der Waals surface area contributed by atoms with Gasteiger partial charge in [0.05, 0.1) is 12.0 Å². The van der Waals surface area contributed by atoms with Gasteiger partial charge in [-0.25, -0.2) is 0 Å². The fraction of sp³-hybridized carbons (Fsp3) is 0.450. The van der Waals surface area contributed by atoms with Gasteiger partial charge in [-0.05, 0) is 48.9 Å². The Balaban J connectivity index is 2.08. The number of hydrogen-bond acceptors (Lipinski definition) is 5. The molecule has 0 aliphatic carbocycles. The Morgan fingerprint density at radius 3 is 2.56 bits per heavy atom. The topological polar surface area (TPSA) is 71.0 Å². The number of carbonyl (C=O) groups is 2. The van der Waals surface area contributed by atoms with Crippen LogP contribution in [0, 0.1) is 0 Å². The van der Waals surface area contributed by atoms with E-state index in [1.165, 1.54) is 17.8 Å². The van der Waals surface area contributed by atoms with Crippen molar-refractivity contribution < 1.29 is 14.3 Å². The molecule has 0 spiro atoms. The van der Waals surface area contributed by atoms with Gasteiger partial charge in [-0.2, -0.15) is 0 Å². The second-order valence-corrected chi connectivity index (χ2v) is 7.17. The van der Waals surface area contributed by atoms with Crippen molar-refractivity contribution in [1.82, 2.24) is 4.90 Å². The first kappa shape index (κ1) is 21.0. The fourth-order valence-corrected chi connectivity index (χ4v) is 3.44. The Kier molecular flexibility index (Phi) is 8.39. The lowest BCUT2D eigenvalue weighted by Gasteiger charge is -2.14. The minimum Gasteiger partial charge on any atom is -0.497 e. The van der Waals surface area contributed by atoms with Crippen LogP contribution in [0.5, 0.6) is 5.75 Å². The van der Waals surface area contributed by atoms with E-state index in [0.29, 0.717) is 34.6 Å². The number of carbonyl (C=O) groups excluding carboxylic acids is 2. The van der Waals surface area contributed by atoms with Crippen LogP contribution in [-0.2, 0) is 9.59 Å². The Morgan fingerprint density at radius 1 is 1.22 bits per heavy atom. The van der Waals surface area contributed by atoms with Crippen LogP contribution in [0.4, 0.5) is 5.69 Å². The van der Waals surface area contributed by atoms with E-state index in [-0.39, 0.29) is 11.8 Å². The number of amidine groups is 1. The van der Waals surface area contributed by atoms with Gasteiger partial charge < -0.3 is 10.1 Å². The molecule has 7 heteroatoms. The second kappa shape index (κ2) is 10.8. The number of hydrogen-bond donors (Lipinski definition) is 1. The van der Waals surface area contributed by atoms with Crippen molar-refractivity contribution >= 4 is 34.4 Å². The van der Waals surface area contributed by atoms with E-state index in [2.05, 4.69) is 24.2 Å². The molecule has 0 radical (unpaired) electrons. The molecular formula is C20H27N3O3S. The normalized spacial score (nSPS) is 17.0. The Morgan fingerprint density at radius 2 is 1.93 bits per heavy atom. The first-order valence-electron chi connectivity index (χ1n) is 9.30. The minimum atomic E-state index is -0.332. The van der Waals surface area contributed by atoms with Gasteiger partial charge in [-0.1, -0.05) is 26.7 Å². The number of methoxy groups -OCH3 is 1. The molecule has 0 aromatic heterocycles. The molecular weight excluding hydrogens is 362 g/mol. The molecule has 0 saturated carbocycles. The number of amides is 2. The summed E-state index contributed by atoms with van der Waals surface area (Å²) in [6, 6.07) is 7.04. The molecule has 2 rings (SSSR count). The number of anilines is 1. The highest BCUT2D eigenvalue weighted by molar-refractivity contribution is 8.18. The van der Waals surface area contributed by atoms with E-state index < -0.39 is 0 Å². The highest BCUT2D eigenvalue weighted by atomic mass is 32.2. The van der Waals surface area contributed by atoms with Gasteiger partial charge in [0.1, 0.15) is 5.75 Å². The first-order chi connectivity index (χ1) is 13.1. The number of benzene rings is 1. The molecule has 1 aromatic carbocycles. The third-order valence-corrected chi connectivity index (χ3v) is 5.05. The molecule has 0 atom stereocenters. The lowest BCUT2D eigenvalue weighted by atomic mass is 10.3. The molecule has 27 heavy (non-hydrogen) atoms. The quantitative estimate of drug-likeness (QED) is 0.511. The monoisotopic (exact) mass is 389 g/mol. The predicted octanol–water partition coefficient (Wildman–Crippen LogP) is 4.05. The molecule has 1 fully saturated rings. The average molecular weight is 390 g/mol. The van der Waals surface area contributed by atoms with Crippen LogP contribution in [-0.4, -0.2) is 42.1 Å². The third kappa shape index (κ3) is 6.13. The van der Waals surface area contributed by atoms with Gasteiger partial charge in [0, 0.05) is 24.9 Å². The minimum absolute atomic E-state index is 0.145. The van der Waals surface area contributed by atoms with Crippen molar-refractivity contribution in [2.24, 2.45) is 4.99 Å². The summed E-state index contributed by atoms with van der Waals surface area (Å²) in [7, 11) is 1.59. The summed E-state index contributed by atoms with van der Waals surface area (Å²) in [6.07, 6.45) is 5.30. The zero-order valence-electron chi connectivity index (χ0n) is 16.2. The average Bonchev–Trinajstić information content (AvgIpc) is 2.95. The number of ether oxygens (including phenoxy) is 1. The fourth-order valence-electron chi connectivity index (χ4n) is 2.44. The number of thioether (sulfide) groups is 1. The third-order valence-electron chi connectivity index (χ3n) is 4.00. The zero-order chi connectivity index (χ0) is 19.6. The van der Waals surface area contributed by atoms with Crippen molar-refractivity contribution in [3.63, 3.8) is 0 Å². The van der Waals surface area contributed by atoms with Crippen LogP contribution in [0.1, 0.15) is 39.5 Å². The van der Waals surface area contributed by atoms with Gasteiger partial charge in [-0.15, -0.1) is 0 Å². The largest absolute Gasteiger partial charge is 0.497 e. The maximum absolute atomic E-state index is 12.7. The smallest absolute Gasteiger partial charge is 0.266 e. The number of nitrogens with one attached hydrogen (secondary N) is 1. The van der Waals surface area contributed by atoms with Crippen LogP contribution >= 0.6 is 11.8 Å². The molecule has 6 nitrogen and oxygen atoms in total. The first-order valence-corrected chi connectivity index (χ1v) is 10.1. The maximum atomic E-state index is 12.7. The van der Waals surface area contributed by atoms with Gasteiger partial charge in [0.15, 0.2) is 5.17 Å². The van der Waals surface area contributed by atoms with E-state index in [1.54, 1.807) is 36.3 Å². The standard InChI is InChI=1S/C20H27N3O3S/c1-4-6-12-21-20-23(13-7-5-2)19(25)17(27-20)14-18(24)22-15-8-10-16(26-3)11-9-15/h8-11,14H,4-7,12-13H2,1-3H3,(H,22,24)/b17-14-,21-20?. The second-order valence-electron chi connectivity index (χ2n) is 6.16. The van der Waals surface area contributed by atoms with E-state index in [4.69, 9.17) is 4.74 Å². The van der Waals surface area contributed by atoms with Crippen LogP contribution in [0.15, 0.2) is 40.2 Å². The molecule has 2 amide bonds. The molecule has 1 aliphatic heterocycles. The van der Waals surface area contributed by atoms with Crippen molar-refractivity contribution in [1.29, 1.82) is 0 Å². The van der Waals surface area contributed by atoms with Crippen LogP contribution in [0.25, 0.3) is 0 Å². The SMILES string of the molecule is CCCCN=C1S/C(=C\C(=O)Nc2ccc(OC)cc2)C(=O)N1CCCC. The maximum Gasteiger partial charge on any atom is 0.266 e. The van der Waals surface area contributed by atoms with E-state index in [0.717, 1.165) is 25.7 Å². The van der Waals surface area contributed by atoms with Crippen LogP contribution < -0.4 is 10.1 Å². The van der Waals surface area contributed by atoms with Crippen LogP contribution in [0.2, 0.25) is 0 Å². The van der Waals surface area contributed by atoms with Gasteiger partial charge in [0.25, 0.3) is 5.91 Å². The van der Waals surface area contributed by atoms with E-state index in [1.807, 2.05) is 0 Å². The number of nitrogens with zero attached hydrogens (tertiary/aromatic N) is 2. The van der Waals surface area contributed by atoms with Gasteiger partial charge in [0.2, 0.25) is 5.91 Å². The van der Waals surface area contributed by atoms with Crippen molar-refractivity contribution in [3.05, 3.63) is 35.2 Å². The zero-order valence-corrected chi connectivity index (χ0v) is 17.0. The summed E-state index contributed by atoms with van der Waals surface area (Å²) in [4.78, 5) is 31.7. The lowest BCUT2D eigenvalue weighted by molar-refractivity contribution is -0.122. The van der Waals surface area contributed by atoms with Crippen LogP contribution in [0.3, 0.4) is 0 Å². The van der Waals surface area contributed by atoms with E-state index in [9.17, 15) is 9.59 Å². The Bertz CT molecular complexity index is 714. The Hall–Kier alpha value is -2.28. The number of unbranched alkanes of at least 4 members (excludes halogenated alkanes) is 2. The van der Waals surface area contributed by atoms with Gasteiger partial charge >= 0.3 is 0 Å². The van der Waals surface area contributed by atoms with Crippen molar-refractivity contribution in [2.45, 2.75) is 39.5 Å². The van der Waals surface area contributed by atoms with Crippen molar-refractivity contribution in [3.8, 4) is 5.75 Å². The summed E-state index contributed by atoms with van der Waals surface area (Å²) in [6.45, 7) is 5.52. The summed E-state index contributed by atoms with van der Waals surface area (Å²) in [5, 5.41) is 3.47. The molecule has 146 valence electrons. The molecule has 1 heterocycles. The predicted molar refractivity (Wildman–Crippen MR) is 111 cm³/mol. The lowest BCUT2D eigenvalue weighted by Crippen LogP contribution is -2.30. The molecule has 1 N–H and O–H groups in total. The molecule has 0 bridgehead atoms. The van der Waals surface area contributed by atoms with Gasteiger partial charge in [-0.3, -0.25) is 19.5 Å². The summed E-state index contributed by atoms with van der Waals surface area (Å²) >= 11 is 1.28. The number of aliphatic imine (C=N–C) groups is 1. The molecule has 0 unspecified atom stereocenters. The summed E-state index contributed by atoms with van der Waals surface area (Å²) in [5.74, 6) is 0.238. The number of rotatable bonds is 9. The summed E-state index contributed by atoms with van der Waals surface area (Å²) in [5.41, 5.74) is 0.646. The molecule has 1 aromatic rings. The van der Waals surface area contributed by atoms with Crippen molar-refractivity contribution in [2.75, 3.05) is 25.5 Å². The van der Waals surface area contributed by atoms with E-state index >= 15 is 0 Å². The molecule has 1 saturated heterocycles. The highest BCUT2D eigenvalue weighted by Crippen LogP contribution is 2.31. The Labute approximate surface area is 165 Å².